The van der Waals surface area contributed by atoms with Crippen LogP contribution in [0.15, 0.2) is 12.4 Å². The van der Waals surface area contributed by atoms with Crippen molar-refractivity contribution in [2.45, 2.75) is 12.8 Å². The third-order valence-corrected chi connectivity index (χ3v) is 2.43. The van der Waals surface area contributed by atoms with Crippen molar-refractivity contribution in [3.63, 3.8) is 0 Å². The molecule has 2 rings (SSSR count). The molecule has 74 valence electrons. The van der Waals surface area contributed by atoms with Gasteiger partial charge in [-0.2, -0.15) is 5.10 Å². The van der Waals surface area contributed by atoms with E-state index in [4.69, 9.17) is 5.73 Å². The van der Waals surface area contributed by atoms with Gasteiger partial charge in [-0.3, -0.25) is 10.1 Å². The average molecular weight is 193 g/mol. The van der Waals surface area contributed by atoms with E-state index < -0.39 is 0 Å². The second-order valence-corrected chi connectivity index (χ2v) is 3.40. The predicted octanol–water partition coefficient (Wildman–Crippen LogP) is -0.451. The van der Waals surface area contributed by atoms with Crippen LogP contribution in [0, 0.1) is 5.41 Å². The summed E-state index contributed by atoms with van der Waals surface area (Å²) in [5.74, 6) is 0.130. The number of carbonyl (C=O) groups excluding carboxylic acids is 1. The maximum Gasteiger partial charge on any atom is 0.249 e. The fourth-order valence-electron chi connectivity index (χ4n) is 1.21. The number of rotatable bonds is 3. The number of nitrogens with one attached hydrogen (secondary N) is 1. The summed E-state index contributed by atoms with van der Waals surface area (Å²) < 4.78 is 0. The molecule has 0 aliphatic heterocycles. The lowest BCUT2D eigenvalue weighted by molar-refractivity contribution is -0.120. The van der Waals surface area contributed by atoms with Crippen LogP contribution in [0.2, 0.25) is 0 Å². The van der Waals surface area contributed by atoms with Crippen LogP contribution in [0.1, 0.15) is 12.8 Å². The Kier molecular flexibility index (Phi) is 2.12. The first-order valence-electron chi connectivity index (χ1n) is 4.42. The molecule has 0 unspecified atom stereocenters. The van der Waals surface area contributed by atoms with Gasteiger partial charge in [0.05, 0.1) is 17.8 Å². The lowest BCUT2D eigenvalue weighted by Gasteiger charge is -2.10. The number of nitrogens with zero attached hydrogens (tertiary/aromatic N) is 3. The number of aromatic nitrogens is 3. The fourth-order valence-corrected chi connectivity index (χ4v) is 1.21. The van der Waals surface area contributed by atoms with E-state index in [0.717, 1.165) is 12.8 Å². The number of anilines is 1. The number of nitrogens with two attached hydrogens (primary N) is 1. The molecule has 0 saturated heterocycles. The third kappa shape index (κ3) is 1.56. The van der Waals surface area contributed by atoms with Gasteiger partial charge in [0, 0.05) is 6.54 Å². The molecule has 0 radical (unpaired) electrons. The number of hydrogen-bond acceptors (Lipinski definition) is 5. The Morgan fingerprint density at radius 3 is 2.86 bits per heavy atom. The lowest BCUT2D eigenvalue weighted by Crippen LogP contribution is -2.31. The van der Waals surface area contributed by atoms with Crippen molar-refractivity contribution in [1.82, 2.24) is 15.2 Å². The van der Waals surface area contributed by atoms with Crippen LogP contribution in [-0.4, -0.2) is 27.6 Å². The molecule has 0 atom stereocenters. The second kappa shape index (κ2) is 3.30. The molecule has 6 heteroatoms. The fraction of sp³-hybridized carbons (Fsp3) is 0.500. The van der Waals surface area contributed by atoms with Gasteiger partial charge in [-0.15, -0.1) is 5.10 Å². The first-order valence-corrected chi connectivity index (χ1v) is 4.42. The molecule has 3 N–H and O–H groups in total. The predicted molar refractivity (Wildman–Crippen MR) is 49.2 cm³/mol. The van der Waals surface area contributed by atoms with Gasteiger partial charge in [0.1, 0.15) is 0 Å². The van der Waals surface area contributed by atoms with Gasteiger partial charge in [-0.25, -0.2) is 4.98 Å². The van der Waals surface area contributed by atoms with Crippen LogP contribution >= 0.6 is 0 Å². The molecule has 0 spiro atoms. The van der Waals surface area contributed by atoms with Crippen LogP contribution in [0.5, 0.6) is 0 Å². The van der Waals surface area contributed by atoms with Crippen molar-refractivity contribution in [2.75, 3.05) is 11.9 Å². The topological polar surface area (TPSA) is 93.8 Å². The van der Waals surface area contributed by atoms with Crippen molar-refractivity contribution in [3.8, 4) is 0 Å². The average Bonchev–Trinajstić information content (AvgIpc) is 3.00. The van der Waals surface area contributed by atoms with E-state index in [9.17, 15) is 4.79 Å². The Morgan fingerprint density at radius 2 is 2.36 bits per heavy atom. The minimum absolute atomic E-state index is 0.104. The Labute approximate surface area is 80.9 Å². The van der Waals surface area contributed by atoms with Crippen LogP contribution < -0.4 is 11.1 Å². The zero-order chi connectivity index (χ0) is 10.0. The maximum absolute atomic E-state index is 11.6. The van der Waals surface area contributed by atoms with Crippen molar-refractivity contribution in [1.29, 1.82) is 0 Å². The van der Waals surface area contributed by atoms with Crippen LogP contribution in [0.3, 0.4) is 0 Å². The van der Waals surface area contributed by atoms with Gasteiger partial charge in [0.2, 0.25) is 11.9 Å². The summed E-state index contributed by atoms with van der Waals surface area (Å²) in [4.78, 5) is 15.5. The first-order chi connectivity index (χ1) is 6.77. The summed E-state index contributed by atoms with van der Waals surface area (Å²) in [6.07, 6.45) is 4.61. The molecule has 0 bridgehead atoms. The van der Waals surface area contributed by atoms with Crippen molar-refractivity contribution >= 4 is 11.9 Å². The van der Waals surface area contributed by atoms with E-state index in [1.807, 2.05) is 0 Å². The van der Waals surface area contributed by atoms with Crippen molar-refractivity contribution in [3.05, 3.63) is 12.4 Å². The normalized spacial score (nSPS) is 17.5. The van der Waals surface area contributed by atoms with Gasteiger partial charge in [0.15, 0.2) is 0 Å². The summed E-state index contributed by atoms with van der Waals surface area (Å²) in [6, 6.07) is 0. The summed E-state index contributed by atoms with van der Waals surface area (Å²) in [5, 5.41) is 9.86. The largest absolute Gasteiger partial charge is 0.329 e. The highest BCUT2D eigenvalue weighted by Crippen LogP contribution is 2.45. The number of hydrogen-bond donors (Lipinski definition) is 2. The Bertz CT molecular complexity index is 335. The Hall–Kier alpha value is -1.56. The molecule has 1 saturated carbocycles. The first kappa shape index (κ1) is 9.01. The molecule has 1 amide bonds. The maximum atomic E-state index is 11.6. The van der Waals surface area contributed by atoms with Gasteiger partial charge >= 0.3 is 0 Å². The molecular formula is C8H11N5O. The quantitative estimate of drug-likeness (QED) is 0.678. The highest BCUT2D eigenvalue weighted by Gasteiger charge is 2.48. The molecule has 1 heterocycles. The molecule has 1 aromatic rings. The van der Waals surface area contributed by atoms with Crippen LogP contribution in [-0.2, 0) is 4.79 Å². The number of carbonyl (C=O) groups is 1. The minimum Gasteiger partial charge on any atom is -0.329 e. The molecule has 14 heavy (non-hydrogen) atoms. The van der Waals surface area contributed by atoms with Gasteiger partial charge in [-0.05, 0) is 12.8 Å². The van der Waals surface area contributed by atoms with Gasteiger partial charge in [-0.1, -0.05) is 0 Å². The smallest absolute Gasteiger partial charge is 0.249 e. The van der Waals surface area contributed by atoms with Crippen molar-refractivity contribution < 1.29 is 4.79 Å². The standard InChI is InChI=1S/C8H11N5O/c9-5-8(1-2-8)6(14)12-7-10-3-4-11-13-7/h3-4H,1-2,5,9H2,(H,10,12,13,14). The monoisotopic (exact) mass is 193 g/mol. The van der Waals surface area contributed by atoms with E-state index in [0.29, 0.717) is 6.54 Å². The van der Waals surface area contributed by atoms with E-state index >= 15 is 0 Å². The highest BCUT2D eigenvalue weighted by molar-refractivity contribution is 5.95. The third-order valence-electron chi connectivity index (χ3n) is 2.43. The molecule has 0 aromatic carbocycles. The van der Waals surface area contributed by atoms with Crippen molar-refractivity contribution in [2.24, 2.45) is 11.1 Å². The molecule has 1 aliphatic carbocycles. The summed E-state index contributed by atoms with van der Waals surface area (Å²) in [7, 11) is 0. The zero-order valence-corrected chi connectivity index (χ0v) is 7.60. The van der Waals surface area contributed by atoms with E-state index in [2.05, 4.69) is 20.5 Å². The van der Waals surface area contributed by atoms with Crippen LogP contribution in [0.25, 0.3) is 0 Å². The molecule has 1 aliphatic rings. The number of amides is 1. The molecule has 1 aromatic heterocycles. The minimum atomic E-state index is -0.376. The summed E-state index contributed by atoms with van der Waals surface area (Å²) in [5.41, 5.74) is 5.13. The summed E-state index contributed by atoms with van der Waals surface area (Å²) in [6.45, 7) is 0.374. The van der Waals surface area contributed by atoms with E-state index in [1.54, 1.807) is 0 Å². The summed E-state index contributed by atoms with van der Waals surface area (Å²) >= 11 is 0. The molecule has 6 nitrogen and oxygen atoms in total. The SMILES string of the molecule is NCC1(C(=O)Nc2nccnn2)CC1. The zero-order valence-electron chi connectivity index (χ0n) is 7.60. The van der Waals surface area contributed by atoms with E-state index in [-0.39, 0.29) is 17.3 Å². The van der Waals surface area contributed by atoms with Gasteiger partial charge < -0.3 is 5.73 Å². The Morgan fingerprint density at radius 1 is 1.57 bits per heavy atom. The lowest BCUT2D eigenvalue weighted by atomic mass is 10.1. The highest BCUT2D eigenvalue weighted by atomic mass is 16.2. The van der Waals surface area contributed by atoms with Gasteiger partial charge in [0.25, 0.3) is 0 Å². The second-order valence-electron chi connectivity index (χ2n) is 3.40. The van der Waals surface area contributed by atoms with Crippen LogP contribution in [0.4, 0.5) is 5.95 Å². The molecule has 1 fully saturated rings. The van der Waals surface area contributed by atoms with E-state index in [1.165, 1.54) is 12.4 Å². The Balaban J connectivity index is 2.02. The molecular weight excluding hydrogens is 182 g/mol.